The van der Waals surface area contributed by atoms with Crippen molar-refractivity contribution in [2.45, 2.75) is 64.7 Å². The number of piperidine rings is 1. The Balaban J connectivity index is 2.12. The lowest BCUT2D eigenvalue weighted by Gasteiger charge is -2.38. The van der Waals surface area contributed by atoms with Gasteiger partial charge in [-0.1, -0.05) is 18.6 Å². The summed E-state index contributed by atoms with van der Waals surface area (Å²) in [4.78, 5) is 2.34. The van der Waals surface area contributed by atoms with Crippen molar-refractivity contribution in [1.82, 2.24) is 4.90 Å². The van der Waals surface area contributed by atoms with E-state index in [4.69, 9.17) is 4.65 Å². The number of hydrogen-bond donors (Lipinski definition) is 2. The zero-order valence-corrected chi connectivity index (χ0v) is 15.2. The van der Waals surface area contributed by atoms with Crippen LogP contribution in [0.1, 0.15) is 52.5 Å². The van der Waals surface area contributed by atoms with E-state index in [0.717, 1.165) is 25.2 Å². The second-order valence-corrected chi connectivity index (χ2v) is 7.73. The predicted molar refractivity (Wildman–Crippen MR) is 94.6 cm³/mol. The third-order valence-corrected chi connectivity index (χ3v) is 5.06. The van der Waals surface area contributed by atoms with Crippen molar-refractivity contribution >= 4 is 12.6 Å². The number of rotatable bonds is 6. The minimum atomic E-state index is -1.42. The first-order valence-corrected chi connectivity index (χ1v) is 8.69. The van der Waals surface area contributed by atoms with E-state index in [1.807, 2.05) is 0 Å². The van der Waals surface area contributed by atoms with Crippen molar-refractivity contribution in [3.05, 3.63) is 29.6 Å². The van der Waals surface area contributed by atoms with Crippen LogP contribution in [0.15, 0.2) is 18.2 Å². The molecule has 1 aliphatic heterocycles. The van der Waals surface area contributed by atoms with Gasteiger partial charge in [0.15, 0.2) is 0 Å². The molecule has 0 amide bonds. The average molecular weight is 337 g/mol. The number of likely N-dealkylation sites (tertiary alicyclic amines) is 1. The molecule has 24 heavy (non-hydrogen) atoms. The Morgan fingerprint density at radius 1 is 1.17 bits per heavy atom. The molecule has 1 aromatic carbocycles. The Morgan fingerprint density at radius 3 is 2.38 bits per heavy atom. The van der Waals surface area contributed by atoms with Crippen molar-refractivity contribution in [2.24, 2.45) is 0 Å². The van der Waals surface area contributed by atoms with Crippen LogP contribution >= 0.6 is 0 Å². The minimum absolute atomic E-state index is 0.113. The van der Waals surface area contributed by atoms with Crippen LogP contribution in [-0.2, 0) is 11.2 Å². The van der Waals surface area contributed by atoms with Gasteiger partial charge >= 0.3 is 7.12 Å². The van der Waals surface area contributed by atoms with Gasteiger partial charge in [-0.3, -0.25) is 4.90 Å². The smallest absolute Gasteiger partial charge is 0.423 e. The van der Waals surface area contributed by atoms with E-state index in [1.165, 1.54) is 25.3 Å². The Labute approximate surface area is 144 Å². The molecule has 1 saturated heterocycles. The van der Waals surface area contributed by atoms with Crippen molar-refractivity contribution < 1.29 is 19.2 Å². The number of aliphatic hydroxyl groups is 1. The molecule has 1 aromatic rings. The Kier molecular flexibility index (Phi) is 6.07. The van der Waals surface area contributed by atoms with Crippen LogP contribution < -0.4 is 5.46 Å². The highest BCUT2D eigenvalue weighted by atomic mass is 19.1. The molecule has 0 aromatic heterocycles. The number of halogens is 1. The van der Waals surface area contributed by atoms with E-state index in [-0.39, 0.29) is 5.46 Å². The molecule has 0 spiro atoms. The lowest BCUT2D eigenvalue weighted by molar-refractivity contribution is -0.0983. The third-order valence-electron chi connectivity index (χ3n) is 5.06. The summed E-state index contributed by atoms with van der Waals surface area (Å²) < 4.78 is 19.7. The lowest BCUT2D eigenvalue weighted by atomic mass is 9.75. The molecule has 0 radical (unpaired) electrons. The molecule has 2 rings (SSSR count). The van der Waals surface area contributed by atoms with Crippen LogP contribution in [0.4, 0.5) is 4.39 Å². The predicted octanol–water partition coefficient (Wildman–Crippen LogP) is 2.07. The van der Waals surface area contributed by atoms with E-state index < -0.39 is 24.1 Å². The monoisotopic (exact) mass is 337 g/mol. The highest BCUT2D eigenvalue weighted by molar-refractivity contribution is 6.60. The van der Waals surface area contributed by atoms with Gasteiger partial charge in [0.25, 0.3) is 0 Å². The standard InChI is InChI=1S/C18H29BFNO3/c1-17(2,22)18(3,4)24-19(23)15-12-14(8-9-16(15)20)13-21-10-6-5-7-11-21/h8-9,12,22-23H,5-7,10-11,13H2,1-4H3. The molecule has 0 bridgehead atoms. The fraction of sp³-hybridized carbons (Fsp3) is 0.667. The van der Waals surface area contributed by atoms with E-state index in [2.05, 4.69) is 4.90 Å². The molecule has 0 saturated carbocycles. The van der Waals surface area contributed by atoms with Crippen molar-refractivity contribution in [3.63, 3.8) is 0 Å². The summed E-state index contributed by atoms with van der Waals surface area (Å²) in [6, 6.07) is 4.79. The van der Waals surface area contributed by atoms with Gasteiger partial charge in [0.05, 0.1) is 11.2 Å². The molecular weight excluding hydrogens is 308 g/mol. The summed E-state index contributed by atoms with van der Waals surface area (Å²) in [5, 5.41) is 20.5. The molecule has 0 atom stereocenters. The lowest BCUT2D eigenvalue weighted by Crippen LogP contribution is -2.53. The summed E-state index contributed by atoms with van der Waals surface area (Å²) in [6.07, 6.45) is 3.66. The maximum atomic E-state index is 14.2. The van der Waals surface area contributed by atoms with Crippen molar-refractivity contribution in [1.29, 1.82) is 0 Å². The van der Waals surface area contributed by atoms with Gasteiger partial charge in [0, 0.05) is 12.0 Å². The normalized spacial score (nSPS) is 17.1. The summed E-state index contributed by atoms with van der Waals surface area (Å²) in [6.45, 7) is 9.40. The van der Waals surface area contributed by atoms with Crippen LogP contribution in [0.5, 0.6) is 0 Å². The SMILES string of the molecule is CC(C)(O)C(C)(C)OB(O)c1cc(CN2CCCCC2)ccc1F. The van der Waals surface area contributed by atoms with Crippen LogP contribution in [0, 0.1) is 5.82 Å². The number of nitrogens with zero attached hydrogens (tertiary/aromatic N) is 1. The van der Waals surface area contributed by atoms with Gasteiger partial charge < -0.3 is 14.8 Å². The fourth-order valence-electron chi connectivity index (χ4n) is 2.74. The van der Waals surface area contributed by atoms with Crippen LogP contribution in [0.25, 0.3) is 0 Å². The van der Waals surface area contributed by atoms with Crippen LogP contribution in [0.2, 0.25) is 0 Å². The van der Waals surface area contributed by atoms with E-state index >= 15 is 0 Å². The van der Waals surface area contributed by atoms with Crippen LogP contribution in [0.3, 0.4) is 0 Å². The Hall–Kier alpha value is -0.945. The molecule has 0 aliphatic carbocycles. The molecule has 134 valence electrons. The van der Waals surface area contributed by atoms with Gasteiger partial charge in [-0.25, -0.2) is 4.39 Å². The second kappa shape index (κ2) is 7.52. The highest BCUT2D eigenvalue weighted by Crippen LogP contribution is 2.25. The molecule has 1 aliphatic rings. The topological polar surface area (TPSA) is 52.9 Å². The first-order valence-electron chi connectivity index (χ1n) is 8.69. The van der Waals surface area contributed by atoms with Gasteiger partial charge in [-0.05, 0) is 65.3 Å². The largest absolute Gasteiger partial charge is 0.494 e. The molecule has 6 heteroatoms. The Bertz CT molecular complexity index is 554. The van der Waals surface area contributed by atoms with Gasteiger partial charge in [-0.15, -0.1) is 0 Å². The zero-order chi connectivity index (χ0) is 18.0. The van der Waals surface area contributed by atoms with Gasteiger partial charge in [-0.2, -0.15) is 0 Å². The van der Waals surface area contributed by atoms with E-state index in [9.17, 15) is 14.5 Å². The van der Waals surface area contributed by atoms with E-state index in [0.29, 0.717) is 0 Å². The van der Waals surface area contributed by atoms with Gasteiger partial charge in [0.2, 0.25) is 0 Å². The summed E-state index contributed by atoms with van der Waals surface area (Å²) in [7, 11) is -1.42. The summed E-state index contributed by atoms with van der Waals surface area (Å²) in [5.74, 6) is -0.503. The molecule has 0 unspecified atom stereocenters. The van der Waals surface area contributed by atoms with Crippen LogP contribution in [-0.4, -0.2) is 46.4 Å². The fourth-order valence-corrected chi connectivity index (χ4v) is 2.74. The first-order chi connectivity index (χ1) is 11.1. The molecule has 1 heterocycles. The molecule has 4 nitrogen and oxygen atoms in total. The third kappa shape index (κ3) is 4.79. The molecular formula is C18H29BFNO3. The Morgan fingerprint density at radius 2 is 1.79 bits per heavy atom. The second-order valence-electron chi connectivity index (χ2n) is 7.73. The molecule has 2 N–H and O–H groups in total. The first kappa shape index (κ1) is 19.4. The highest BCUT2D eigenvalue weighted by Gasteiger charge is 2.40. The number of hydrogen-bond acceptors (Lipinski definition) is 4. The zero-order valence-electron chi connectivity index (χ0n) is 15.2. The van der Waals surface area contributed by atoms with Crippen molar-refractivity contribution in [3.8, 4) is 0 Å². The molecule has 1 fully saturated rings. The maximum absolute atomic E-state index is 14.2. The number of benzene rings is 1. The maximum Gasteiger partial charge on any atom is 0.494 e. The van der Waals surface area contributed by atoms with Crippen molar-refractivity contribution in [2.75, 3.05) is 13.1 Å². The average Bonchev–Trinajstić information content (AvgIpc) is 2.48. The summed E-state index contributed by atoms with van der Waals surface area (Å²) in [5.41, 5.74) is -1.13. The quantitative estimate of drug-likeness (QED) is 0.781. The minimum Gasteiger partial charge on any atom is -0.423 e. The van der Waals surface area contributed by atoms with Gasteiger partial charge in [0.1, 0.15) is 5.82 Å². The van der Waals surface area contributed by atoms with E-state index in [1.54, 1.807) is 39.8 Å². The summed E-state index contributed by atoms with van der Waals surface area (Å²) >= 11 is 0.